The van der Waals surface area contributed by atoms with Gasteiger partial charge in [-0.1, -0.05) is 36.0 Å². The van der Waals surface area contributed by atoms with Crippen molar-refractivity contribution in [1.82, 2.24) is 4.98 Å². The van der Waals surface area contributed by atoms with Crippen molar-refractivity contribution in [3.05, 3.63) is 59.7 Å². The maximum absolute atomic E-state index is 10.1. The Morgan fingerprint density at radius 1 is 1.07 bits per heavy atom. The second-order valence-electron chi connectivity index (χ2n) is 5.45. The van der Waals surface area contributed by atoms with Gasteiger partial charge in [0.1, 0.15) is 28.5 Å². The van der Waals surface area contributed by atoms with Crippen LogP contribution in [0.3, 0.4) is 0 Å². The van der Waals surface area contributed by atoms with Crippen molar-refractivity contribution in [1.29, 1.82) is 10.5 Å². The van der Waals surface area contributed by atoms with E-state index in [1.54, 1.807) is 12.1 Å². The van der Waals surface area contributed by atoms with Crippen LogP contribution >= 0.6 is 11.8 Å². The van der Waals surface area contributed by atoms with Crippen LogP contribution in [0.2, 0.25) is 0 Å². The Bertz CT molecular complexity index is 1090. The van der Waals surface area contributed by atoms with Gasteiger partial charge in [-0.15, -0.1) is 0 Å². The number of nitriles is 2. The van der Waals surface area contributed by atoms with Crippen LogP contribution in [-0.4, -0.2) is 17.2 Å². The standard InChI is InChI=1S/C20H14N4O2S/c1-26-17-8-7-12(9-16(17)25)18-14(10-21)19(23)24-20(15(18)11-22)27-13-5-3-2-4-6-13/h2-9,25H,1H3,(H2,23,24). The molecule has 0 atom stereocenters. The van der Waals surface area contributed by atoms with Crippen LogP contribution in [0.25, 0.3) is 11.1 Å². The van der Waals surface area contributed by atoms with E-state index >= 15 is 0 Å². The fourth-order valence-corrected chi connectivity index (χ4v) is 3.52. The number of phenols is 1. The van der Waals surface area contributed by atoms with E-state index in [2.05, 4.69) is 11.1 Å². The fraction of sp³-hybridized carbons (Fsp3) is 0.0500. The molecule has 3 rings (SSSR count). The molecule has 0 fully saturated rings. The van der Waals surface area contributed by atoms with E-state index in [-0.39, 0.29) is 28.4 Å². The molecule has 2 aromatic carbocycles. The third-order valence-electron chi connectivity index (χ3n) is 3.84. The van der Waals surface area contributed by atoms with E-state index in [1.807, 2.05) is 36.4 Å². The Morgan fingerprint density at radius 2 is 1.78 bits per heavy atom. The smallest absolute Gasteiger partial charge is 0.160 e. The number of pyridine rings is 1. The fourth-order valence-electron chi connectivity index (χ4n) is 2.61. The predicted molar refractivity (Wildman–Crippen MR) is 102 cm³/mol. The quantitative estimate of drug-likeness (QED) is 0.710. The van der Waals surface area contributed by atoms with Gasteiger partial charge in [-0.25, -0.2) is 4.98 Å². The number of methoxy groups -OCH3 is 1. The Labute approximate surface area is 160 Å². The molecule has 1 aromatic heterocycles. The first-order valence-electron chi connectivity index (χ1n) is 7.83. The summed E-state index contributed by atoms with van der Waals surface area (Å²) in [4.78, 5) is 5.14. The topological polar surface area (TPSA) is 116 Å². The average Bonchev–Trinajstić information content (AvgIpc) is 2.68. The lowest BCUT2D eigenvalue weighted by atomic mass is 9.96. The van der Waals surface area contributed by atoms with Gasteiger partial charge in [-0.05, 0) is 29.8 Å². The molecule has 6 nitrogen and oxygen atoms in total. The summed E-state index contributed by atoms with van der Waals surface area (Å²) < 4.78 is 5.05. The predicted octanol–water partition coefficient (Wildman–Crippen LogP) is 3.94. The summed E-state index contributed by atoms with van der Waals surface area (Å²) in [5.41, 5.74) is 7.12. The Morgan fingerprint density at radius 3 is 2.37 bits per heavy atom. The van der Waals surface area contributed by atoms with Gasteiger partial charge in [0, 0.05) is 10.5 Å². The van der Waals surface area contributed by atoms with Gasteiger partial charge in [-0.3, -0.25) is 0 Å². The highest BCUT2D eigenvalue weighted by atomic mass is 32.2. The summed E-state index contributed by atoms with van der Waals surface area (Å²) in [7, 11) is 1.44. The van der Waals surface area contributed by atoms with E-state index in [4.69, 9.17) is 10.5 Å². The van der Waals surface area contributed by atoms with Crippen molar-refractivity contribution in [2.24, 2.45) is 0 Å². The van der Waals surface area contributed by atoms with E-state index < -0.39 is 0 Å². The van der Waals surface area contributed by atoms with Gasteiger partial charge in [0.25, 0.3) is 0 Å². The third-order valence-corrected chi connectivity index (χ3v) is 4.84. The Kier molecular flexibility index (Phi) is 5.16. The number of aromatic nitrogens is 1. The van der Waals surface area contributed by atoms with Crippen LogP contribution in [0.4, 0.5) is 5.82 Å². The molecule has 0 aliphatic carbocycles. The molecule has 0 amide bonds. The van der Waals surface area contributed by atoms with Crippen molar-refractivity contribution in [2.75, 3.05) is 12.8 Å². The van der Waals surface area contributed by atoms with Crippen molar-refractivity contribution in [3.63, 3.8) is 0 Å². The molecule has 0 radical (unpaired) electrons. The molecule has 0 aliphatic heterocycles. The number of phenolic OH excluding ortho intramolecular Hbond substituents is 1. The largest absolute Gasteiger partial charge is 0.504 e. The van der Waals surface area contributed by atoms with Crippen LogP contribution in [0.5, 0.6) is 11.5 Å². The van der Waals surface area contributed by atoms with Crippen LogP contribution < -0.4 is 10.5 Å². The molecule has 1 heterocycles. The number of anilines is 1. The molecule has 0 aliphatic rings. The lowest BCUT2D eigenvalue weighted by Gasteiger charge is -2.14. The number of hydrogen-bond donors (Lipinski definition) is 2. The van der Waals surface area contributed by atoms with Crippen molar-refractivity contribution < 1.29 is 9.84 Å². The number of benzene rings is 2. The number of nitrogens with two attached hydrogens (primary N) is 1. The maximum Gasteiger partial charge on any atom is 0.160 e. The maximum atomic E-state index is 10.1. The summed E-state index contributed by atoms with van der Waals surface area (Å²) in [5, 5.41) is 29.8. The summed E-state index contributed by atoms with van der Waals surface area (Å²) in [6.07, 6.45) is 0. The molecule has 3 aromatic rings. The lowest BCUT2D eigenvalue weighted by Crippen LogP contribution is -2.03. The number of hydrogen-bond acceptors (Lipinski definition) is 7. The van der Waals surface area contributed by atoms with Crippen LogP contribution in [0.1, 0.15) is 11.1 Å². The minimum Gasteiger partial charge on any atom is -0.504 e. The minimum atomic E-state index is -0.101. The summed E-state index contributed by atoms with van der Waals surface area (Å²) in [6, 6.07) is 18.2. The SMILES string of the molecule is COc1ccc(-c2c(C#N)c(N)nc(Sc3ccccc3)c2C#N)cc1O. The van der Waals surface area contributed by atoms with E-state index in [0.717, 1.165) is 4.90 Å². The van der Waals surface area contributed by atoms with Crippen molar-refractivity contribution >= 4 is 17.6 Å². The number of nitrogen functional groups attached to an aromatic ring is 1. The molecule has 0 bridgehead atoms. The van der Waals surface area contributed by atoms with Gasteiger partial charge >= 0.3 is 0 Å². The average molecular weight is 374 g/mol. The van der Waals surface area contributed by atoms with Crippen molar-refractivity contribution in [3.8, 4) is 34.8 Å². The molecule has 0 saturated heterocycles. The third kappa shape index (κ3) is 3.50. The van der Waals surface area contributed by atoms with Gasteiger partial charge in [0.2, 0.25) is 0 Å². The number of rotatable bonds is 4. The summed E-state index contributed by atoms with van der Waals surface area (Å²) >= 11 is 1.28. The van der Waals surface area contributed by atoms with Gasteiger partial charge in [0.05, 0.1) is 12.7 Å². The molecule has 27 heavy (non-hydrogen) atoms. The zero-order valence-corrected chi connectivity index (χ0v) is 15.1. The van der Waals surface area contributed by atoms with Crippen LogP contribution in [0, 0.1) is 22.7 Å². The molecular weight excluding hydrogens is 360 g/mol. The first-order chi connectivity index (χ1) is 13.1. The van der Waals surface area contributed by atoms with Crippen LogP contribution in [0.15, 0.2) is 58.5 Å². The highest BCUT2D eigenvalue weighted by molar-refractivity contribution is 7.99. The van der Waals surface area contributed by atoms with Gasteiger partial charge in [0.15, 0.2) is 11.5 Å². The lowest BCUT2D eigenvalue weighted by molar-refractivity contribution is 0.373. The second kappa shape index (κ2) is 7.69. The monoisotopic (exact) mass is 374 g/mol. The summed E-state index contributed by atoms with van der Waals surface area (Å²) in [6.45, 7) is 0. The molecule has 0 saturated carbocycles. The highest BCUT2D eigenvalue weighted by Crippen LogP contribution is 2.40. The van der Waals surface area contributed by atoms with Gasteiger partial charge < -0.3 is 15.6 Å². The Balaban J connectivity index is 2.24. The molecule has 3 N–H and O–H groups in total. The Hall–Kier alpha value is -3.68. The zero-order chi connectivity index (χ0) is 19.4. The van der Waals surface area contributed by atoms with E-state index in [9.17, 15) is 15.6 Å². The van der Waals surface area contributed by atoms with E-state index in [1.165, 1.54) is 24.9 Å². The second-order valence-corrected chi connectivity index (χ2v) is 6.51. The number of nitrogens with zero attached hydrogens (tertiary/aromatic N) is 3. The van der Waals surface area contributed by atoms with Crippen molar-refractivity contribution in [2.45, 2.75) is 9.92 Å². The van der Waals surface area contributed by atoms with E-state index in [0.29, 0.717) is 16.2 Å². The molecular formula is C20H14N4O2S. The minimum absolute atomic E-state index is 0.0280. The number of aromatic hydroxyl groups is 1. The van der Waals surface area contributed by atoms with Crippen LogP contribution in [-0.2, 0) is 0 Å². The number of ether oxygens (including phenoxy) is 1. The van der Waals surface area contributed by atoms with Gasteiger partial charge in [-0.2, -0.15) is 10.5 Å². The first kappa shape index (κ1) is 18.1. The highest BCUT2D eigenvalue weighted by Gasteiger charge is 2.21. The molecule has 0 unspecified atom stereocenters. The molecule has 7 heteroatoms. The zero-order valence-electron chi connectivity index (χ0n) is 14.3. The summed E-state index contributed by atoms with van der Waals surface area (Å²) in [5.74, 6) is 0.215. The molecule has 0 spiro atoms. The normalized spacial score (nSPS) is 10.0. The first-order valence-corrected chi connectivity index (χ1v) is 8.64. The molecule has 132 valence electrons.